The molecule has 19 heavy (non-hydrogen) atoms. The molecule has 0 saturated carbocycles. The summed E-state index contributed by atoms with van der Waals surface area (Å²) < 4.78 is 6.37. The van der Waals surface area contributed by atoms with Crippen molar-refractivity contribution in [2.75, 3.05) is 26.3 Å². The van der Waals surface area contributed by atoms with Gasteiger partial charge in [-0.25, -0.2) is 4.98 Å². The van der Waals surface area contributed by atoms with Crippen molar-refractivity contribution >= 4 is 33.5 Å². The van der Waals surface area contributed by atoms with Crippen LogP contribution in [0, 0.1) is 0 Å². The second-order valence-electron chi connectivity index (χ2n) is 4.35. The van der Waals surface area contributed by atoms with Crippen LogP contribution >= 0.6 is 11.3 Å². The van der Waals surface area contributed by atoms with Crippen molar-refractivity contribution in [3.8, 4) is 0 Å². The third-order valence-electron chi connectivity index (χ3n) is 3.10. The summed E-state index contributed by atoms with van der Waals surface area (Å²) in [6.45, 7) is 2.62. The number of aromatic nitrogens is 1. The molecular weight excluding hydrogens is 260 g/mol. The molecule has 1 amide bonds. The minimum Gasteiger partial charge on any atom is -0.378 e. The summed E-state index contributed by atoms with van der Waals surface area (Å²) in [7, 11) is 0. The normalized spacial score (nSPS) is 16.3. The van der Waals surface area contributed by atoms with E-state index in [9.17, 15) is 4.79 Å². The number of carbonyl (C=O) groups excluding carboxylic acids is 1. The molecule has 1 aromatic heterocycles. The van der Waals surface area contributed by atoms with E-state index in [2.05, 4.69) is 11.1 Å². The number of amides is 1. The van der Waals surface area contributed by atoms with Crippen LogP contribution in [0.1, 0.15) is 5.56 Å². The summed E-state index contributed by atoms with van der Waals surface area (Å²) in [4.78, 5) is 18.0. The summed E-state index contributed by atoms with van der Waals surface area (Å²) in [5, 5.41) is 0. The van der Waals surface area contributed by atoms with Gasteiger partial charge in [-0.1, -0.05) is 6.07 Å². The van der Waals surface area contributed by atoms with Crippen LogP contribution in [0.2, 0.25) is 0 Å². The molecular formula is C14H14N2O2S. The average Bonchev–Trinajstić information content (AvgIpc) is 2.93. The lowest BCUT2D eigenvalue weighted by Crippen LogP contribution is -2.39. The molecule has 3 rings (SSSR count). The highest BCUT2D eigenvalue weighted by Gasteiger charge is 2.13. The molecule has 0 unspecified atom stereocenters. The molecule has 2 aromatic rings. The maximum atomic E-state index is 12.0. The van der Waals surface area contributed by atoms with E-state index in [-0.39, 0.29) is 5.91 Å². The number of ether oxygens (including phenoxy) is 1. The number of fused-ring (bicyclic) bond motifs is 1. The van der Waals surface area contributed by atoms with Crippen molar-refractivity contribution in [3.05, 3.63) is 35.3 Å². The summed E-state index contributed by atoms with van der Waals surface area (Å²) in [6, 6.07) is 6.01. The van der Waals surface area contributed by atoms with Crippen molar-refractivity contribution in [1.29, 1.82) is 0 Å². The van der Waals surface area contributed by atoms with E-state index in [1.807, 2.05) is 28.6 Å². The van der Waals surface area contributed by atoms with Gasteiger partial charge in [0.15, 0.2) is 0 Å². The third kappa shape index (κ3) is 2.83. The van der Waals surface area contributed by atoms with Gasteiger partial charge >= 0.3 is 0 Å². The van der Waals surface area contributed by atoms with E-state index in [1.54, 1.807) is 17.4 Å². The maximum absolute atomic E-state index is 12.0. The highest BCUT2D eigenvalue weighted by atomic mass is 32.1. The van der Waals surface area contributed by atoms with Gasteiger partial charge in [0, 0.05) is 19.2 Å². The van der Waals surface area contributed by atoms with Gasteiger partial charge in [0.25, 0.3) is 0 Å². The molecule has 0 N–H and O–H groups in total. The first-order valence-electron chi connectivity index (χ1n) is 6.21. The van der Waals surface area contributed by atoms with Crippen LogP contribution in [0.5, 0.6) is 0 Å². The van der Waals surface area contributed by atoms with Gasteiger partial charge in [-0.15, -0.1) is 11.3 Å². The predicted octanol–water partition coefficient (Wildman–Crippen LogP) is 2.17. The average molecular weight is 274 g/mol. The fourth-order valence-corrected chi connectivity index (χ4v) is 2.76. The molecule has 1 fully saturated rings. The van der Waals surface area contributed by atoms with Crippen LogP contribution in [-0.4, -0.2) is 42.1 Å². The maximum Gasteiger partial charge on any atom is 0.246 e. The van der Waals surface area contributed by atoms with Crippen LogP contribution in [0.15, 0.2) is 29.8 Å². The summed E-state index contributed by atoms with van der Waals surface area (Å²) >= 11 is 1.61. The molecule has 0 aliphatic carbocycles. The molecule has 4 nitrogen and oxygen atoms in total. The monoisotopic (exact) mass is 274 g/mol. The molecule has 2 heterocycles. The number of rotatable bonds is 2. The summed E-state index contributed by atoms with van der Waals surface area (Å²) in [6.07, 6.45) is 3.49. The van der Waals surface area contributed by atoms with Crippen molar-refractivity contribution in [2.45, 2.75) is 0 Å². The zero-order valence-electron chi connectivity index (χ0n) is 10.4. The van der Waals surface area contributed by atoms with Gasteiger partial charge in [0.05, 0.1) is 28.9 Å². The van der Waals surface area contributed by atoms with Gasteiger partial charge in [-0.2, -0.15) is 0 Å². The molecule has 1 aliphatic rings. The lowest BCUT2D eigenvalue weighted by molar-refractivity contribution is -0.129. The fraction of sp³-hybridized carbons (Fsp3) is 0.286. The number of nitrogens with zero attached hydrogens (tertiary/aromatic N) is 2. The lowest BCUT2D eigenvalue weighted by Gasteiger charge is -2.25. The largest absolute Gasteiger partial charge is 0.378 e. The quantitative estimate of drug-likeness (QED) is 0.788. The summed E-state index contributed by atoms with van der Waals surface area (Å²) in [5.74, 6) is 0.0488. The van der Waals surface area contributed by atoms with Gasteiger partial charge < -0.3 is 9.64 Å². The van der Waals surface area contributed by atoms with Crippen molar-refractivity contribution in [3.63, 3.8) is 0 Å². The van der Waals surface area contributed by atoms with Gasteiger partial charge in [0.2, 0.25) is 5.91 Å². The fourth-order valence-electron chi connectivity index (χ4n) is 2.03. The molecule has 0 spiro atoms. The van der Waals surface area contributed by atoms with E-state index in [4.69, 9.17) is 4.74 Å². The Bertz CT molecular complexity index is 615. The zero-order valence-corrected chi connectivity index (χ0v) is 11.2. The second kappa shape index (κ2) is 5.50. The first-order chi connectivity index (χ1) is 9.33. The standard InChI is InChI=1S/C14H14N2O2S/c17-14(16-5-7-18-8-6-16)4-2-11-1-3-12-13(9-11)19-10-15-12/h1-4,9-10H,5-8H2/b4-2+. The predicted molar refractivity (Wildman–Crippen MR) is 76.1 cm³/mol. The SMILES string of the molecule is O=C(/C=C/c1ccc2ncsc2c1)N1CCOCC1. The Balaban J connectivity index is 1.72. The Morgan fingerprint density at radius 1 is 1.37 bits per heavy atom. The number of thiazole rings is 1. The molecule has 1 aliphatic heterocycles. The molecule has 98 valence electrons. The Morgan fingerprint density at radius 3 is 3.05 bits per heavy atom. The van der Waals surface area contributed by atoms with E-state index >= 15 is 0 Å². The van der Waals surface area contributed by atoms with Gasteiger partial charge in [0.1, 0.15) is 0 Å². The van der Waals surface area contributed by atoms with E-state index in [0.29, 0.717) is 26.3 Å². The highest BCUT2D eigenvalue weighted by Crippen LogP contribution is 2.19. The van der Waals surface area contributed by atoms with Crippen LogP contribution < -0.4 is 0 Å². The Labute approximate surface area is 115 Å². The van der Waals surface area contributed by atoms with Crippen LogP contribution in [0.25, 0.3) is 16.3 Å². The van der Waals surface area contributed by atoms with Gasteiger partial charge in [-0.05, 0) is 23.8 Å². The van der Waals surface area contributed by atoms with Crippen molar-refractivity contribution in [2.24, 2.45) is 0 Å². The Morgan fingerprint density at radius 2 is 2.21 bits per heavy atom. The number of benzene rings is 1. The number of carbonyl (C=O) groups is 1. The van der Waals surface area contributed by atoms with Crippen LogP contribution in [0.3, 0.4) is 0 Å². The number of hydrogen-bond donors (Lipinski definition) is 0. The van der Waals surface area contributed by atoms with E-state index < -0.39 is 0 Å². The van der Waals surface area contributed by atoms with Gasteiger partial charge in [-0.3, -0.25) is 4.79 Å². The Kier molecular flexibility index (Phi) is 3.57. The minimum absolute atomic E-state index is 0.0488. The Hall–Kier alpha value is -1.72. The lowest BCUT2D eigenvalue weighted by atomic mass is 10.2. The van der Waals surface area contributed by atoms with E-state index in [1.165, 1.54) is 0 Å². The third-order valence-corrected chi connectivity index (χ3v) is 3.89. The molecule has 0 radical (unpaired) electrons. The second-order valence-corrected chi connectivity index (χ2v) is 5.24. The zero-order chi connectivity index (χ0) is 13.1. The number of morpholine rings is 1. The molecule has 0 bridgehead atoms. The van der Waals surface area contributed by atoms with E-state index in [0.717, 1.165) is 15.8 Å². The minimum atomic E-state index is 0.0488. The molecule has 1 aromatic carbocycles. The topological polar surface area (TPSA) is 42.4 Å². The first-order valence-corrected chi connectivity index (χ1v) is 7.09. The van der Waals surface area contributed by atoms with Crippen LogP contribution in [-0.2, 0) is 9.53 Å². The molecule has 1 saturated heterocycles. The number of hydrogen-bond acceptors (Lipinski definition) is 4. The molecule has 0 atom stereocenters. The summed E-state index contributed by atoms with van der Waals surface area (Å²) in [5.41, 5.74) is 3.86. The smallest absolute Gasteiger partial charge is 0.246 e. The first kappa shape index (κ1) is 12.3. The van der Waals surface area contributed by atoms with Crippen molar-refractivity contribution < 1.29 is 9.53 Å². The molecule has 5 heteroatoms. The van der Waals surface area contributed by atoms with Crippen molar-refractivity contribution in [1.82, 2.24) is 9.88 Å². The van der Waals surface area contributed by atoms with Crippen LogP contribution in [0.4, 0.5) is 0 Å². The highest BCUT2D eigenvalue weighted by molar-refractivity contribution is 7.16.